The van der Waals surface area contributed by atoms with E-state index in [1.807, 2.05) is 0 Å². The van der Waals surface area contributed by atoms with E-state index in [1.54, 1.807) is 16.8 Å². The zero-order chi connectivity index (χ0) is 9.52. The van der Waals surface area contributed by atoms with Crippen LogP contribution in [0.3, 0.4) is 0 Å². The van der Waals surface area contributed by atoms with Crippen molar-refractivity contribution in [3.63, 3.8) is 0 Å². The maximum Gasteiger partial charge on any atom is 0.205 e. The van der Waals surface area contributed by atoms with Gasteiger partial charge in [-0.1, -0.05) is 11.3 Å². The predicted octanol–water partition coefficient (Wildman–Crippen LogP) is 1.29. The van der Waals surface area contributed by atoms with Gasteiger partial charge in [0.05, 0.1) is 0 Å². The fourth-order valence-electron chi connectivity index (χ4n) is 0.998. The summed E-state index contributed by atoms with van der Waals surface area (Å²) < 4.78 is 0. The van der Waals surface area contributed by atoms with Gasteiger partial charge in [0, 0.05) is 6.54 Å². The van der Waals surface area contributed by atoms with E-state index in [9.17, 15) is 0 Å². The van der Waals surface area contributed by atoms with Crippen molar-refractivity contribution in [3.8, 4) is 0 Å². The average Bonchev–Trinajstić information content (AvgIpc) is 2.55. The van der Waals surface area contributed by atoms with E-state index in [1.165, 1.54) is 12.8 Å². The molecule has 0 fully saturated rings. The van der Waals surface area contributed by atoms with Gasteiger partial charge in [0.15, 0.2) is 0 Å². The summed E-state index contributed by atoms with van der Waals surface area (Å²) in [6.45, 7) is 2.14. The van der Waals surface area contributed by atoms with E-state index in [4.69, 9.17) is 0 Å². The Bertz CT molecular complexity index is 210. The van der Waals surface area contributed by atoms with Gasteiger partial charge in [0.2, 0.25) is 5.13 Å². The van der Waals surface area contributed by atoms with E-state index >= 15 is 0 Å². The lowest BCUT2D eigenvalue weighted by atomic mass is 10.3. The van der Waals surface area contributed by atoms with Crippen LogP contribution in [-0.4, -0.2) is 42.3 Å². The molecule has 0 aromatic carbocycles. The van der Waals surface area contributed by atoms with E-state index < -0.39 is 0 Å². The van der Waals surface area contributed by atoms with Crippen LogP contribution < -0.4 is 5.32 Å². The van der Waals surface area contributed by atoms with Crippen LogP contribution in [0.15, 0.2) is 5.51 Å². The first-order valence-corrected chi connectivity index (χ1v) is 5.32. The number of rotatable bonds is 6. The summed E-state index contributed by atoms with van der Waals surface area (Å²) in [5.41, 5.74) is 1.74. The molecule has 13 heavy (non-hydrogen) atoms. The quantitative estimate of drug-likeness (QED) is 0.703. The molecule has 4 nitrogen and oxygen atoms in total. The fourth-order valence-corrected chi connectivity index (χ4v) is 1.47. The standard InChI is InChI=1S/C8H16N4S/c1-12(2)6-4-3-5-9-8-11-10-7-13-8/h7H,3-6H2,1-2H3,(H,9,11). The van der Waals surface area contributed by atoms with Crippen LogP contribution in [0.4, 0.5) is 5.13 Å². The summed E-state index contributed by atoms with van der Waals surface area (Å²) in [6, 6.07) is 0. The summed E-state index contributed by atoms with van der Waals surface area (Å²) in [4.78, 5) is 2.20. The monoisotopic (exact) mass is 200 g/mol. The summed E-state index contributed by atoms with van der Waals surface area (Å²) >= 11 is 1.54. The third kappa shape index (κ3) is 4.80. The molecule has 1 rings (SSSR count). The first kappa shape index (κ1) is 10.4. The van der Waals surface area contributed by atoms with Gasteiger partial charge in [-0.25, -0.2) is 0 Å². The van der Waals surface area contributed by atoms with Crippen LogP contribution in [0, 0.1) is 0 Å². The van der Waals surface area contributed by atoms with Crippen molar-refractivity contribution in [3.05, 3.63) is 5.51 Å². The minimum Gasteiger partial charge on any atom is -0.360 e. The van der Waals surface area contributed by atoms with Gasteiger partial charge in [-0.3, -0.25) is 0 Å². The average molecular weight is 200 g/mol. The van der Waals surface area contributed by atoms with Crippen molar-refractivity contribution in [2.75, 3.05) is 32.5 Å². The van der Waals surface area contributed by atoms with E-state index in [0.717, 1.165) is 18.2 Å². The molecule has 0 radical (unpaired) electrons. The largest absolute Gasteiger partial charge is 0.360 e. The molecule has 5 heteroatoms. The van der Waals surface area contributed by atoms with Crippen molar-refractivity contribution in [1.82, 2.24) is 15.1 Å². The van der Waals surface area contributed by atoms with Crippen LogP contribution >= 0.6 is 11.3 Å². The molecule has 74 valence electrons. The van der Waals surface area contributed by atoms with Gasteiger partial charge < -0.3 is 10.2 Å². The maximum atomic E-state index is 3.90. The maximum absolute atomic E-state index is 3.90. The fraction of sp³-hybridized carbons (Fsp3) is 0.750. The Kier molecular flexibility index (Phi) is 4.70. The summed E-state index contributed by atoms with van der Waals surface area (Å²) in [5.74, 6) is 0. The predicted molar refractivity (Wildman–Crippen MR) is 56.2 cm³/mol. The lowest BCUT2D eigenvalue weighted by molar-refractivity contribution is 0.396. The summed E-state index contributed by atoms with van der Waals surface area (Å²) in [5, 5.41) is 11.8. The molecule has 0 spiro atoms. The molecule has 1 aromatic heterocycles. The second kappa shape index (κ2) is 5.88. The Labute approximate surface area is 83.0 Å². The number of anilines is 1. The normalized spacial score (nSPS) is 10.7. The lowest BCUT2D eigenvalue weighted by Crippen LogP contribution is -2.14. The first-order valence-electron chi connectivity index (χ1n) is 4.44. The van der Waals surface area contributed by atoms with E-state index in [0.29, 0.717) is 0 Å². The third-order valence-electron chi connectivity index (χ3n) is 1.67. The SMILES string of the molecule is CN(C)CCCCNc1nncs1. The minimum absolute atomic E-state index is 0.921. The first-order chi connectivity index (χ1) is 6.29. The van der Waals surface area contributed by atoms with E-state index in [2.05, 4.69) is 34.5 Å². The second-order valence-electron chi connectivity index (χ2n) is 3.18. The molecule has 1 N–H and O–H groups in total. The van der Waals surface area contributed by atoms with Crippen molar-refractivity contribution >= 4 is 16.5 Å². The molecule has 0 aliphatic rings. The Hall–Kier alpha value is -0.680. The van der Waals surface area contributed by atoms with Gasteiger partial charge in [0.1, 0.15) is 5.51 Å². The number of unbranched alkanes of at least 4 members (excludes halogenated alkanes) is 1. The zero-order valence-corrected chi connectivity index (χ0v) is 8.97. The van der Waals surface area contributed by atoms with Gasteiger partial charge >= 0.3 is 0 Å². The van der Waals surface area contributed by atoms with Crippen molar-refractivity contribution in [2.45, 2.75) is 12.8 Å². The highest BCUT2D eigenvalue weighted by atomic mass is 32.1. The van der Waals surface area contributed by atoms with Crippen molar-refractivity contribution < 1.29 is 0 Å². The Morgan fingerprint density at radius 3 is 2.92 bits per heavy atom. The van der Waals surface area contributed by atoms with E-state index in [-0.39, 0.29) is 0 Å². The zero-order valence-electron chi connectivity index (χ0n) is 8.16. The highest BCUT2D eigenvalue weighted by Crippen LogP contribution is 2.07. The van der Waals surface area contributed by atoms with Gasteiger partial charge in [-0.05, 0) is 33.5 Å². The molecule has 0 bridgehead atoms. The summed E-state index contributed by atoms with van der Waals surface area (Å²) in [7, 11) is 4.19. The molecular formula is C8H16N4S. The van der Waals surface area contributed by atoms with Crippen molar-refractivity contribution in [2.24, 2.45) is 0 Å². The molecule has 0 amide bonds. The molecule has 0 aliphatic carbocycles. The lowest BCUT2D eigenvalue weighted by Gasteiger charge is -2.08. The van der Waals surface area contributed by atoms with Gasteiger partial charge in [-0.15, -0.1) is 10.2 Å². The molecule has 0 unspecified atom stereocenters. The van der Waals surface area contributed by atoms with Crippen molar-refractivity contribution in [1.29, 1.82) is 0 Å². The Morgan fingerprint density at radius 1 is 1.46 bits per heavy atom. The molecule has 0 aliphatic heterocycles. The molecule has 1 heterocycles. The number of aromatic nitrogens is 2. The summed E-state index contributed by atoms with van der Waals surface area (Å²) in [6.07, 6.45) is 2.40. The number of nitrogens with zero attached hydrogens (tertiary/aromatic N) is 3. The molecule has 1 aromatic rings. The van der Waals surface area contributed by atoms with Gasteiger partial charge in [-0.2, -0.15) is 0 Å². The topological polar surface area (TPSA) is 41.0 Å². The number of hydrogen-bond acceptors (Lipinski definition) is 5. The van der Waals surface area contributed by atoms with Crippen LogP contribution in [0.2, 0.25) is 0 Å². The Morgan fingerprint density at radius 2 is 2.31 bits per heavy atom. The smallest absolute Gasteiger partial charge is 0.205 e. The van der Waals surface area contributed by atoms with Crippen LogP contribution in [0.25, 0.3) is 0 Å². The molecule has 0 saturated heterocycles. The Balaban J connectivity index is 1.96. The number of nitrogens with one attached hydrogen (secondary N) is 1. The molecule has 0 atom stereocenters. The van der Waals surface area contributed by atoms with Gasteiger partial charge in [0.25, 0.3) is 0 Å². The molecular weight excluding hydrogens is 184 g/mol. The second-order valence-corrected chi connectivity index (χ2v) is 4.01. The highest BCUT2D eigenvalue weighted by Gasteiger charge is 1.94. The van der Waals surface area contributed by atoms with Crippen LogP contribution in [-0.2, 0) is 0 Å². The highest BCUT2D eigenvalue weighted by molar-refractivity contribution is 7.13. The number of hydrogen-bond donors (Lipinski definition) is 1. The molecule has 0 saturated carbocycles. The van der Waals surface area contributed by atoms with Crippen LogP contribution in [0.1, 0.15) is 12.8 Å². The minimum atomic E-state index is 0.921. The third-order valence-corrected chi connectivity index (χ3v) is 2.32. The van der Waals surface area contributed by atoms with Crippen LogP contribution in [0.5, 0.6) is 0 Å².